The second kappa shape index (κ2) is 8.85. The molecule has 11 nitrogen and oxygen atoms in total. The highest BCUT2D eigenvalue weighted by Gasteiger charge is 2.49. The topological polar surface area (TPSA) is 150 Å². The van der Waals surface area contributed by atoms with Crippen molar-refractivity contribution in [2.24, 2.45) is 5.92 Å². The van der Waals surface area contributed by atoms with E-state index in [9.17, 15) is 32.9 Å². The maximum atomic E-state index is 13.5. The van der Waals surface area contributed by atoms with Crippen molar-refractivity contribution in [3.63, 3.8) is 0 Å². The fraction of sp³-hybridized carbons (Fsp3) is 0.250. The number of hydrogen-bond acceptors (Lipinski definition) is 9. The molecule has 0 spiro atoms. The van der Waals surface area contributed by atoms with E-state index in [2.05, 4.69) is 0 Å². The van der Waals surface area contributed by atoms with Crippen LogP contribution in [0, 0.1) is 16.0 Å². The minimum absolute atomic E-state index is 0.134. The molecule has 1 atom stereocenters. The number of ether oxygens (including phenoxy) is 2. The van der Waals surface area contributed by atoms with Gasteiger partial charge in [-0.1, -0.05) is 24.3 Å². The lowest BCUT2D eigenvalue weighted by molar-refractivity contribution is -0.384. The second-order valence-electron chi connectivity index (χ2n) is 6.78. The predicted octanol–water partition coefficient (Wildman–Crippen LogP) is 1.49. The van der Waals surface area contributed by atoms with Crippen molar-refractivity contribution in [2.75, 3.05) is 20.8 Å². The first-order valence-corrected chi connectivity index (χ1v) is 10.6. The van der Waals surface area contributed by atoms with E-state index in [0.29, 0.717) is 0 Å². The first-order chi connectivity index (χ1) is 15.1. The number of carbonyl (C=O) groups excluding carboxylic acids is 3. The molecule has 2 aromatic carbocycles. The van der Waals surface area contributed by atoms with Crippen molar-refractivity contribution < 1.29 is 37.2 Å². The van der Waals surface area contributed by atoms with Crippen LogP contribution in [0.5, 0.6) is 0 Å². The van der Waals surface area contributed by atoms with Crippen LogP contribution in [0.3, 0.4) is 0 Å². The van der Waals surface area contributed by atoms with Crippen LogP contribution >= 0.6 is 0 Å². The largest absolute Gasteiger partial charge is 0.468 e. The van der Waals surface area contributed by atoms with E-state index in [0.717, 1.165) is 42.8 Å². The smallest absolute Gasteiger partial charge is 0.322 e. The third kappa shape index (κ3) is 3.97. The summed E-state index contributed by atoms with van der Waals surface area (Å²) < 4.78 is 37.1. The number of nitrogens with zero attached hydrogens (tertiary/aromatic N) is 2. The Morgan fingerprint density at radius 1 is 1.06 bits per heavy atom. The van der Waals surface area contributed by atoms with Crippen LogP contribution in [-0.4, -0.2) is 56.1 Å². The summed E-state index contributed by atoms with van der Waals surface area (Å²) in [5.74, 6) is -4.35. The van der Waals surface area contributed by atoms with Crippen LogP contribution < -0.4 is 0 Å². The van der Waals surface area contributed by atoms with Gasteiger partial charge in [0.05, 0.1) is 36.6 Å². The van der Waals surface area contributed by atoms with E-state index in [1.165, 1.54) is 18.2 Å². The third-order valence-corrected chi connectivity index (χ3v) is 6.91. The number of nitro groups is 1. The fourth-order valence-electron chi connectivity index (χ4n) is 3.55. The van der Waals surface area contributed by atoms with Gasteiger partial charge < -0.3 is 9.47 Å². The monoisotopic (exact) mass is 462 g/mol. The number of methoxy groups -OCH3 is 2. The molecule has 2 aromatic rings. The van der Waals surface area contributed by atoms with Gasteiger partial charge in [0.2, 0.25) is 10.0 Å². The molecule has 32 heavy (non-hydrogen) atoms. The standard InChI is InChI=1S/C20H18N2O9S/c1-30-19(24)17(20(25)31-2)18-15-6-4-3-5-14(15)16(23)11-21(18)32(28,29)13-9-7-12(8-10-13)22(26)27/h3-10,17-18H,11H2,1-2H3. The van der Waals surface area contributed by atoms with Gasteiger partial charge in [-0.3, -0.25) is 24.5 Å². The first kappa shape index (κ1) is 23.0. The molecule has 0 fully saturated rings. The molecule has 1 aliphatic heterocycles. The predicted molar refractivity (Wildman–Crippen MR) is 108 cm³/mol. The number of non-ortho nitro benzene ring substituents is 1. The number of Topliss-reactive ketones (excluding diaryl/α,β-unsaturated/α-hetero) is 1. The van der Waals surface area contributed by atoms with Crippen LogP contribution in [0.1, 0.15) is 22.0 Å². The fourth-order valence-corrected chi connectivity index (χ4v) is 5.12. The molecular formula is C20H18N2O9S. The Labute approximate surface area is 182 Å². The molecule has 0 radical (unpaired) electrons. The van der Waals surface area contributed by atoms with Crippen LogP contribution in [0.2, 0.25) is 0 Å². The van der Waals surface area contributed by atoms with E-state index in [1.807, 2.05) is 0 Å². The van der Waals surface area contributed by atoms with Crippen molar-refractivity contribution in [2.45, 2.75) is 10.9 Å². The molecule has 0 amide bonds. The molecule has 0 aliphatic carbocycles. The Hall–Kier alpha value is -3.64. The Kier molecular flexibility index (Phi) is 6.37. The summed E-state index contributed by atoms with van der Waals surface area (Å²) in [4.78, 5) is 47.6. The first-order valence-electron chi connectivity index (χ1n) is 9.17. The minimum atomic E-state index is -4.48. The molecule has 12 heteroatoms. The molecule has 0 aromatic heterocycles. The molecule has 3 rings (SSSR count). The summed E-state index contributed by atoms with van der Waals surface area (Å²) in [6.07, 6.45) is 0. The van der Waals surface area contributed by atoms with E-state index in [4.69, 9.17) is 9.47 Å². The van der Waals surface area contributed by atoms with E-state index < -0.39 is 51.2 Å². The number of benzene rings is 2. The highest BCUT2D eigenvalue weighted by molar-refractivity contribution is 7.89. The van der Waals surface area contributed by atoms with Gasteiger partial charge in [-0.25, -0.2) is 8.42 Å². The van der Waals surface area contributed by atoms with Gasteiger partial charge in [-0.2, -0.15) is 4.31 Å². The number of esters is 2. The van der Waals surface area contributed by atoms with Crippen molar-refractivity contribution in [1.29, 1.82) is 0 Å². The molecular weight excluding hydrogens is 444 g/mol. The molecule has 0 bridgehead atoms. The summed E-state index contributed by atoms with van der Waals surface area (Å²) in [7, 11) is -2.41. The molecule has 1 aliphatic rings. The zero-order valence-corrected chi connectivity index (χ0v) is 17.8. The van der Waals surface area contributed by atoms with Gasteiger partial charge in [-0.05, 0) is 17.7 Å². The van der Waals surface area contributed by atoms with Gasteiger partial charge in [0.15, 0.2) is 11.7 Å². The van der Waals surface area contributed by atoms with E-state index >= 15 is 0 Å². The zero-order chi connectivity index (χ0) is 23.6. The Bertz CT molecular complexity index is 1180. The van der Waals surface area contributed by atoms with Crippen molar-refractivity contribution in [3.8, 4) is 0 Å². The third-order valence-electron chi connectivity index (χ3n) is 5.07. The number of sulfonamides is 1. The van der Waals surface area contributed by atoms with E-state index in [-0.39, 0.29) is 21.7 Å². The van der Waals surface area contributed by atoms with Gasteiger partial charge >= 0.3 is 11.9 Å². The molecule has 0 saturated carbocycles. The van der Waals surface area contributed by atoms with Crippen LogP contribution in [-0.2, 0) is 29.1 Å². The average molecular weight is 462 g/mol. The quantitative estimate of drug-likeness (QED) is 0.269. The number of hydrogen-bond donors (Lipinski definition) is 0. The number of fused-ring (bicyclic) bond motifs is 1. The van der Waals surface area contributed by atoms with Crippen molar-refractivity contribution in [3.05, 3.63) is 69.8 Å². The summed E-state index contributed by atoms with van der Waals surface area (Å²) in [5, 5.41) is 10.9. The highest BCUT2D eigenvalue weighted by Crippen LogP contribution is 2.40. The molecule has 1 unspecified atom stereocenters. The average Bonchev–Trinajstić information content (AvgIpc) is 2.80. The summed E-state index contributed by atoms with van der Waals surface area (Å²) in [6, 6.07) is 8.59. The normalized spacial score (nSPS) is 16.3. The second-order valence-corrected chi connectivity index (χ2v) is 8.67. The number of carbonyl (C=O) groups is 3. The lowest BCUT2D eigenvalue weighted by Gasteiger charge is -2.37. The summed E-state index contributed by atoms with van der Waals surface area (Å²) in [6.45, 7) is -0.661. The molecule has 0 N–H and O–H groups in total. The SMILES string of the molecule is COC(=O)C(C(=O)OC)C1c2ccccc2C(=O)CN1S(=O)(=O)c1ccc([N+](=O)[O-])cc1. The lowest BCUT2D eigenvalue weighted by atomic mass is 9.85. The Morgan fingerprint density at radius 3 is 2.16 bits per heavy atom. The molecule has 168 valence electrons. The highest BCUT2D eigenvalue weighted by atomic mass is 32.2. The van der Waals surface area contributed by atoms with E-state index in [1.54, 1.807) is 6.07 Å². The minimum Gasteiger partial charge on any atom is -0.468 e. The number of nitro benzene ring substituents is 1. The van der Waals surface area contributed by atoms with Crippen LogP contribution in [0.15, 0.2) is 53.4 Å². The zero-order valence-electron chi connectivity index (χ0n) is 17.0. The maximum absolute atomic E-state index is 13.5. The summed E-state index contributed by atoms with van der Waals surface area (Å²) in [5.41, 5.74) is -0.0388. The van der Waals surface area contributed by atoms with Gasteiger partial charge in [0, 0.05) is 17.7 Å². The van der Waals surface area contributed by atoms with Crippen LogP contribution in [0.25, 0.3) is 0 Å². The van der Waals surface area contributed by atoms with Gasteiger partial charge in [0.25, 0.3) is 5.69 Å². The van der Waals surface area contributed by atoms with Crippen molar-refractivity contribution in [1.82, 2.24) is 4.31 Å². The Morgan fingerprint density at radius 2 is 1.62 bits per heavy atom. The summed E-state index contributed by atoms with van der Waals surface area (Å²) >= 11 is 0. The number of rotatable bonds is 6. The maximum Gasteiger partial charge on any atom is 0.322 e. The Balaban J connectivity index is 2.22. The lowest BCUT2D eigenvalue weighted by Crippen LogP contribution is -2.49. The van der Waals surface area contributed by atoms with Crippen molar-refractivity contribution >= 4 is 33.4 Å². The van der Waals surface area contributed by atoms with Gasteiger partial charge in [0.1, 0.15) is 0 Å². The molecule has 1 heterocycles. The number of ketones is 1. The van der Waals surface area contributed by atoms with Crippen LogP contribution in [0.4, 0.5) is 5.69 Å². The van der Waals surface area contributed by atoms with Gasteiger partial charge in [-0.15, -0.1) is 0 Å². The molecule has 0 saturated heterocycles.